The third kappa shape index (κ3) is 3.44. The van der Waals surface area contributed by atoms with E-state index < -0.39 is 8.32 Å². The molecule has 0 saturated carbocycles. The summed E-state index contributed by atoms with van der Waals surface area (Å²) in [6, 6.07) is 5.89. The van der Waals surface area contributed by atoms with Crippen LogP contribution in [0.3, 0.4) is 0 Å². The van der Waals surface area contributed by atoms with Crippen molar-refractivity contribution in [2.75, 3.05) is 7.11 Å². The van der Waals surface area contributed by atoms with Gasteiger partial charge in [-0.15, -0.1) is 0 Å². The molecule has 0 aromatic heterocycles. The second kappa shape index (κ2) is 6.17. The van der Waals surface area contributed by atoms with Gasteiger partial charge in [-0.2, -0.15) is 0 Å². The molecule has 1 atom stereocenters. The highest BCUT2D eigenvalue weighted by Crippen LogP contribution is 2.43. The number of carbonyl (C=O) groups excluding carboxylic acids is 1. The molecule has 3 nitrogen and oxygen atoms in total. The highest BCUT2D eigenvalue weighted by atomic mass is 28.4. The van der Waals surface area contributed by atoms with Crippen LogP contribution in [-0.2, 0) is 15.6 Å². The van der Waals surface area contributed by atoms with Gasteiger partial charge in [0.05, 0.1) is 18.8 Å². The molecule has 0 fully saturated rings. The van der Waals surface area contributed by atoms with E-state index in [0.717, 1.165) is 19.3 Å². The summed E-state index contributed by atoms with van der Waals surface area (Å²) in [5.41, 5.74) is 3.12. The Morgan fingerprint density at radius 3 is 2.55 bits per heavy atom. The average Bonchev–Trinajstić information content (AvgIpc) is 2.44. The second-order valence-corrected chi connectivity index (χ2v) is 12.4. The van der Waals surface area contributed by atoms with Gasteiger partial charge in [0.2, 0.25) is 0 Å². The SMILES string of the molecule is COC(=O)c1ccc2c(c1)CCC[C@@H]2O[Si](C)(C)C(C)(C)C. The fraction of sp³-hybridized carbons (Fsp3) is 0.611. The van der Waals surface area contributed by atoms with E-state index in [-0.39, 0.29) is 17.1 Å². The lowest BCUT2D eigenvalue weighted by Gasteiger charge is -2.41. The number of fused-ring (bicyclic) bond motifs is 1. The maximum absolute atomic E-state index is 11.7. The van der Waals surface area contributed by atoms with Crippen LogP contribution in [0.4, 0.5) is 0 Å². The van der Waals surface area contributed by atoms with Gasteiger partial charge in [-0.3, -0.25) is 0 Å². The molecule has 1 aliphatic rings. The number of hydrogen-bond donors (Lipinski definition) is 0. The predicted molar refractivity (Wildman–Crippen MR) is 91.7 cm³/mol. The summed E-state index contributed by atoms with van der Waals surface area (Å²) >= 11 is 0. The first kappa shape index (κ1) is 17.2. The highest BCUT2D eigenvalue weighted by Gasteiger charge is 2.40. The fourth-order valence-corrected chi connectivity index (χ4v) is 3.98. The topological polar surface area (TPSA) is 35.5 Å². The van der Waals surface area contributed by atoms with Crippen molar-refractivity contribution in [1.29, 1.82) is 0 Å². The molecular formula is C18H28O3Si. The van der Waals surface area contributed by atoms with Gasteiger partial charge < -0.3 is 9.16 Å². The molecule has 1 aromatic rings. The zero-order valence-electron chi connectivity index (χ0n) is 14.7. The number of benzene rings is 1. The third-order valence-corrected chi connectivity index (χ3v) is 9.55. The Hall–Kier alpha value is -1.13. The van der Waals surface area contributed by atoms with Crippen LogP contribution in [0, 0.1) is 0 Å². The molecule has 22 heavy (non-hydrogen) atoms. The Morgan fingerprint density at radius 2 is 1.95 bits per heavy atom. The van der Waals surface area contributed by atoms with Crippen molar-refractivity contribution in [2.45, 2.75) is 64.3 Å². The van der Waals surface area contributed by atoms with Crippen LogP contribution in [-0.4, -0.2) is 21.4 Å². The molecular weight excluding hydrogens is 292 g/mol. The Bertz CT molecular complexity index is 558. The van der Waals surface area contributed by atoms with Crippen molar-refractivity contribution in [1.82, 2.24) is 0 Å². The largest absolute Gasteiger partial charge is 0.465 e. The molecule has 4 heteroatoms. The summed E-state index contributed by atoms with van der Waals surface area (Å²) in [6.45, 7) is 11.4. The molecule has 0 unspecified atom stereocenters. The van der Waals surface area contributed by atoms with E-state index in [1.54, 1.807) is 0 Å². The number of esters is 1. The van der Waals surface area contributed by atoms with E-state index in [4.69, 9.17) is 9.16 Å². The molecule has 0 bridgehead atoms. The Kier molecular flexibility index (Phi) is 4.83. The van der Waals surface area contributed by atoms with Crippen molar-refractivity contribution in [2.24, 2.45) is 0 Å². The van der Waals surface area contributed by atoms with Crippen LogP contribution >= 0.6 is 0 Å². The fourth-order valence-electron chi connectivity index (χ4n) is 2.67. The quantitative estimate of drug-likeness (QED) is 0.588. The van der Waals surface area contributed by atoms with Crippen LogP contribution < -0.4 is 0 Å². The molecule has 0 amide bonds. The van der Waals surface area contributed by atoms with Gasteiger partial charge in [0.1, 0.15) is 0 Å². The van der Waals surface area contributed by atoms with Crippen LogP contribution in [0.15, 0.2) is 18.2 Å². The first-order chi connectivity index (χ1) is 10.2. The maximum atomic E-state index is 11.7. The predicted octanol–water partition coefficient (Wildman–Crippen LogP) is 4.87. The third-order valence-electron chi connectivity index (χ3n) is 5.07. The summed E-state index contributed by atoms with van der Waals surface area (Å²) in [5, 5.41) is 0.205. The molecule has 0 N–H and O–H groups in total. The highest BCUT2D eigenvalue weighted by molar-refractivity contribution is 6.74. The summed E-state index contributed by atoms with van der Waals surface area (Å²) in [5.74, 6) is -0.268. The van der Waals surface area contributed by atoms with Crippen molar-refractivity contribution < 1.29 is 14.0 Å². The number of hydrogen-bond acceptors (Lipinski definition) is 3. The summed E-state index contributed by atoms with van der Waals surface area (Å²) in [6.07, 6.45) is 3.35. The van der Waals surface area contributed by atoms with Crippen LogP contribution in [0.5, 0.6) is 0 Å². The van der Waals surface area contributed by atoms with E-state index >= 15 is 0 Å². The maximum Gasteiger partial charge on any atom is 0.337 e. The van der Waals surface area contributed by atoms with E-state index in [9.17, 15) is 4.79 Å². The van der Waals surface area contributed by atoms with Gasteiger partial charge in [-0.25, -0.2) is 4.79 Å². The molecule has 0 aliphatic heterocycles. The molecule has 0 saturated heterocycles. The van der Waals surface area contributed by atoms with E-state index in [1.807, 2.05) is 12.1 Å². The molecule has 0 spiro atoms. The van der Waals surface area contributed by atoms with Crippen LogP contribution in [0.1, 0.15) is 61.2 Å². The van der Waals surface area contributed by atoms with Crippen molar-refractivity contribution in [3.63, 3.8) is 0 Å². The molecule has 2 rings (SSSR count). The summed E-state index contributed by atoms with van der Waals surface area (Å²) < 4.78 is 11.4. The Balaban J connectivity index is 2.28. The second-order valence-electron chi connectivity index (χ2n) is 7.66. The van der Waals surface area contributed by atoms with Crippen LogP contribution in [0.2, 0.25) is 18.1 Å². The number of carbonyl (C=O) groups is 1. The lowest BCUT2D eigenvalue weighted by Crippen LogP contribution is -2.42. The molecule has 122 valence electrons. The number of methoxy groups -OCH3 is 1. The number of ether oxygens (including phenoxy) is 1. The van der Waals surface area contributed by atoms with Gasteiger partial charge in [0, 0.05) is 0 Å². The lowest BCUT2D eigenvalue weighted by atomic mass is 9.88. The average molecular weight is 321 g/mol. The van der Waals surface area contributed by atoms with Gasteiger partial charge >= 0.3 is 5.97 Å². The van der Waals surface area contributed by atoms with Gasteiger partial charge in [0.25, 0.3) is 0 Å². The standard InChI is InChI=1S/C18H28O3Si/c1-18(2,3)22(5,6)21-16-9-7-8-13-12-14(17(19)20-4)10-11-15(13)16/h10-12,16H,7-9H2,1-6H3/t16-/m0/s1. The minimum Gasteiger partial charge on any atom is -0.465 e. The summed E-state index contributed by atoms with van der Waals surface area (Å²) in [4.78, 5) is 11.7. The minimum absolute atomic E-state index is 0.163. The number of aryl methyl sites for hydroxylation is 1. The monoisotopic (exact) mass is 320 g/mol. The first-order valence-electron chi connectivity index (χ1n) is 8.04. The van der Waals surface area contributed by atoms with Gasteiger partial charge in [-0.05, 0) is 60.7 Å². The minimum atomic E-state index is -1.79. The Labute approximate surface area is 135 Å². The molecule has 0 radical (unpaired) electrons. The van der Waals surface area contributed by atoms with E-state index in [1.165, 1.54) is 18.2 Å². The smallest absolute Gasteiger partial charge is 0.337 e. The summed E-state index contributed by atoms with van der Waals surface area (Å²) in [7, 11) is -0.373. The normalized spacial score (nSPS) is 18.7. The molecule has 1 aromatic carbocycles. The van der Waals surface area contributed by atoms with Crippen molar-refractivity contribution in [3.05, 3.63) is 34.9 Å². The number of rotatable bonds is 3. The van der Waals surface area contributed by atoms with Gasteiger partial charge in [-0.1, -0.05) is 26.8 Å². The first-order valence-corrected chi connectivity index (χ1v) is 11.0. The van der Waals surface area contributed by atoms with E-state index in [0.29, 0.717) is 5.56 Å². The lowest BCUT2D eigenvalue weighted by molar-refractivity contribution is 0.0600. The zero-order valence-corrected chi connectivity index (χ0v) is 15.7. The Morgan fingerprint density at radius 1 is 1.27 bits per heavy atom. The van der Waals surface area contributed by atoms with Gasteiger partial charge in [0.15, 0.2) is 8.32 Å². The van der Waals surface area contributed by atoms with Crippen molar-refractivity contribution >= 4 is 14.3 Å². The molecule has 0 heterocycles. The van der Waals surface area contributed by atoms with E-state index in [2.05, 4.69) is 39.9 Å². The molecule has 1 aliphatic carbocycles. The zero-order chi connectivity index (χ0) is 16.5. The van der Waals surface area contributed by atoms with Crippen LogP contribution in [0.25, 0.3) is 0 Å². The van der Waals surface area contributed by atoms with Crippen molar-refractivity contribution in [3.8, 4) is 0 Å².